The number of fused-ring (bicyclic) bond motifs is 1. The lowest BCUT2D eigenvalue weighted by Gasteiger charge is -2.12. The van der Waals surface area contributed by atoms with Gasteiger partial charge in [-0.15, -0.1) is 0 Å². The number of hydrogen-bond acceptors (Lipinski definition) is 3. The van der Waals surface area contributed by atoms with E-state index < -0.39 is 0 Å². The van der Waals surface area contributed by atoms with Crippen LogP contribution in [0.2, 0.25) is 0 Å². The Hall–Kier alpha value is -1.96. The number of nitrogens with one attached hydrogen (secondary N) is 2. The normalized spacial score (nSPS) is 10.5. The molecule has 3 aromatic carbocycles. The minimum atomic E-state index is -0.331. The first-order chi connectivity index (χ1) is 12.9. The maximum Gasteiger partial charge on any atom is 0.264 e. The Bertz CT molecular complexity index is 1010. The number of benzene rings is 3. The third kappa shape index (κ3) is 5.28. The van der Waals surface area contributed by atoms with Crippen LogP contribution in [0.4, 0.5) is 5.69 Å². The third-order valence-corrected chi connectivity index (χ3v) is 5.32. The van der Waals surface area contributed by atoms with Gasteiger partial charge >= 0.3 is 0 Å². The van der Waals surface area contributed by atoms with Crippen molar-refractivity contribution < 1.29 is 9.53 Å². The molecule has 27 heavy (non-hydrogen) atoms. The van der Waals surface area contributed by atoms with Crippen LogP contribution in [0.1, 0.15) is 5.56 Å². The molecule has 0 saturated carbocycles. The predicted octanol–water partition coefficient (Wildman–Crippen LogP) is 5.57. The van der Waals surface area contributed by atoms with Gasteiger partial charge in [0.15, 0.2) is 11.7 Å². The van der Waals surface area contributed by atoms with Crippen molar-refractivity contribution in [3.63, 3.8) is 0 Å². The molecule has 0 radical (unpaired) electrons. The van der Waals surface area contributed by atoms with Gasteiger partial charge < -0.3 is 10.1 Å². The Labute approximate surface area is 179 Å². The lowest BCUT2D eigenvalue weighted by atomic mass is 10.1. The summed E-state index contributed by atoms with van der Waals surface area (Å²) < 4.78 is 7.46. The predicted molar refractivity (Wildman–Crippen MR) is 120 cm³/mol. The molecule has 2 N–H and O–H groups in total. The van der Waals surface area contributed by atoms with Gasteiger partial charge in [-0.1, -0.05) is 45.8 Å². The standard InChI is InChI=1S/C20H16Br2N2O2S/c1-12-2-6-15(7-3-12)23-20(27)24-18(25)11-26-17-9-4-13-10-14(21)5-8-16(13)19(17)22/h2-10H,11H2,1H3,(H2,23,24,25,27). The fraction of sp³-hybridized carbons (Fsp3) is 0.100. The number of anilines is 1. The van der Waals surface area contributed by atoms with Crippen molar-refractivity contribution in [1.29, 1.82) is 0 Å². The molecular weight excluding hydrogens is 492 g/mol. The summed E-state index contributed by atoms with van der Waals surface area (Å²) in [4.78, 5) is 12.1. The Morgan fingerprint density at radius 3 is 2.56 bits per heavy atom. The molecular formula is C20H16Br2N2O2S. The molecule has 0 aliphatic heterocycles. The first kappa shape index (κ1) is 19.8. The van der Waals surface area contributed by atoms with Crippen LogP contribution in [0, 0.1) is 6.92 Å². The summed E-state index contributed by atoms with van der Waals surface area (Å²) in [6, 6.07) is 17.5. The largest absolute Gasteiger partial charge is 0.483 e. The van der Waals surface area contributed by atoms with Gasteiger partial charge in [-0.3, -0.25) is 10.1 Å². The van der Waals surface area contributed by atoms with E-state index in [0.717, 1.165) is 31.0 Å². The molecule has 3 rings (SSSR count). The zero-order chi connectivity index (χ0) is 19.4. The van der Waals surface area contributed by atoms with E-state index in [-0.39, 0.29) is 17.6 Å². The second kappa shape index (κ2) is 8.82. The van der Waals surface area contributed by atoms with Gasteiger partial charge in [0, 0.05) is 10.2 Å². The molecule has 138 valence electrons. The highest BCUT2D eigenvalue weighted by atomic mass is 79.9. The quantitative estimate of drug-likeness (QED) is 0.453. The summed E-state index contributed by atoms with van der Waals surface area (Å²) in [5, 5.41) is 7.89. The Balaban J connectivity index is 1.58. The topological polar surface area (TPSA) is 50.4 Å². The molecule has 0 fully saturated rings. The van der Waals surface area contributed by atoms with Crippen molar-refractivity contribution >= 4 is 71.6 Å². The maximum atomic E-state index is 12.1. The second-order valence-corrected chi connectivity index (χ2v) is 8.02. The Kier molecular flexibility index (Phi) is 6.46. The van der Waals surface area contributed by atoms with E-state index in [0.29, 0.717) is 5.75 Å². The zero-order valence-electron chi connectivity index (χ0n) is 14.4. The van der Waals surface area contributed by atoms with Gasteiger partial charge in [0.1, 0.15) is 5.75 Å². The minimum absolute atomic E-state index is 0.143. The van der Waals surface area contributed by atoms with E-state index in [9.17, 15) is 4.79 Å². The summed E-state index contributed by atoms with van der Waals surface area (Å²) >= 11 is 12.2. The molecule has 0 saturated heterocycles. The van der Waals surface area contributed by atoms with E-state index in [4.69, 9.17) is 17.0 Å². The van der Waals surface area contributed by atoms with E-state index >= 15 is 0 Å². The highest BCUT2D eigenvalue weighted by Crippen LogP contribution is 2.34. The Morgan fingerprint density at radius 2 is 1.81 bits per heavy atom. The number of aryl methyl sites for hydroxylation is 1. The fourth-order valence-electron chi connectivity index (χ4n) is 2.46. The van der Waals surface area contributed by atoms with Gasteiger partial charge in [-0.05, 0) is 76.2 Å². The van der Waals surface area contributed by atoms with Gasteiger partial charge in [-0.25, -0.2) is 0 Å². The van der Waals surface area contributed by atoms with E-state index in [2.05, 4.69) is 42.5 Å². The van der Waals surface area contributed by atoms with Crippen molar-refractivity contribution in [2.75, 3.05) is 11.9 Å². The Morgan fingerprint density at radius 1 is 1.07 bits per heavy atom. The summed E-state index contributed by atoms with van der Waals surface area (Å²) in [7, 11) is 0. The average molecular weight is 508 g/mol. The first-order valence-electron chi connectivity index (χ1n) is 8.10. The van der Waals surface area contributed by atoms with Crippen LogP contribution >= 0.6 is 44.1 Å². The molecule has 0 bridgehead atoms. The number of hydrogen-bond donors (Lipinski definition) is 2. The van der Waals surface area contributed by atoms with Crippen LogP contribution in [0.15, 0.2) is 63.5 Å². The molecule has 0 aliphatic carbocycles. The van der Waals surface area contributed by atoms with Crippen molar-refractivity contribution in [2.45, 2.75) is 6.92 Å². The highest BCUT2D eigenvalue weighted by molar-refractivity contribution is 9.11. The molecule has 4 nitrogen and oxygen atoms in total. The number of carbonyl (C=O) groups is 1. The lowest BCUT2D eigenvalue weighted by Crippen LogP contribution is -2.37. The number of halogens is 2. The van der Waals surface area contributed by atoms with Gasteiger partial charge in [0.05, 0.1) is 4.47 Å². The zero-order valence-corrected chi connectivity index (χ0v) is 18.4. The maximum absolute atomic E-state index is 12.1. The van der Waals surface area contributed by atoms with Gasteiger partial charge in [0.25, 0.3) is 5.91 Å². The number of carbonyl (C=O) groups excluding carboxylic acids is 1. The van der Waals surface area contributed by atoms with Crippen LogP contribution in [-0.2, 0) is 4.79 Å². The summed E-state index contributed by atoms with van der Waals surface area (Å²) in [5.74, 6) is 0.264. The summed E-state index contributed by atoms with van der Waals surface area (Å²) in [6.07, 6.45) is 0. The van der Waals surface area contributed by atoms with Crippen molar-refractivity contribution in [2.24, 2.45) is 0 Å². The van der Waals surface area contributed by atoms with Gasteiger partial charge in [-0.2, -0.15) is 0 Å². The van der Waals surface area contributed by atoms with E-state index in [1.807, 2.05) is 61.5 Å². The van der Waals surface area contributed by atoms with Crippen LogP contribution in [0.3, 0.4) is 0 Å². The smallest absolute Gasteiger partial charge is 0.264 e. The molecule has 0 heterocycles. The van der Waals surface area contributed by atoms with Crippen molar-refractivity contribution in [3.05, 3.63) is 69.1 Å². The molecule has 3 aromatic rings. The fourth-order valence-corrected chi connectivity index (χ4v) is 3.68. The third-order valence-electron chi connectivity index (χ3n) is 3.80. The number of amides is 1. The highest BCUT2D eigenvalue weighted by Gasteiger charge is 2.10. The van der Waals surface area contributed by atoms with Gasteiger partial charge in [0.2, 0.25) is 0 Å². The minimum Gasteiger partial charge on any atom is -0.483 e. The van der Waals surface area contributed by atoms with Crippen LogP contribution in [-0.4, -0.2) is 17.6 Å². The molecule has 1 amide bonds. The molecule has 7 heteroatoms. The number of thiocarbonyl (C=S) groups is 1. The SMILES string of the molecule is Cc1ccc(NC(=S)NC(=O)COc2ccc3cc(Br)ccc3c2Br)cc1. The van der Waals surface area contributed by atoms with Crippen LogP contribution in [0.25, 0.3) is 10.8 Å². The van der Waals surface area contributed by atoms with Crippen LogP contribution < -0.4 is 15.4 Å². The lowest BCUT2D eigenvalue weighted by molar-refractivity contribution is -0.121. The summed E-state index contributed by atoms with van der Waals surface area (Å²) in [6.45, 7) is 1.86. The molecule has 0 atom stereocenters. The van der Waals surface area contributed by atoms with Crippen molar-refractivity contribution in [1.82, 2.24) is 5.32 Å². The van der Waals surface area contributed by atoms with E-state index in [1.54, 1.807) is 0 Å². The summed E-state index contributed by atoms with van der Waals surface area (Å²) in [5.41, 5.74) is 1.97. The van der Waals surface area contributed by atoms with Crippen molar-refractivity contribution in [3.8, 4) is 5.75 Å². The molecule has 0 aromatic heterocycles. The second-order valence-electron chi connectivity index (χ2n) is 5.90. The molecule has 0 spiro atoms. The number of rotatable bonds is 4. The van der Waals surface area contributed by atoms with Crippen LogP contribution in [0.5, 0.6) is 5.75 Å². The molecule has 0 aliphatic rings. The number of ether oxygens (including phenoxy) is 1. The average Bonchev–Trinajstić information content (AvgIpc) is 2.63. The monoisotopic (exact) mass is 506 g/mol. The van der Waals surface area contributed by atoms with E-state index in [1.165, 1.54) is 0 Å². The molecule has 0 unspecified atom stereocenters. The first-order valence-corrected chi connectivity index (χ1v) is 10.1.